The lowest BCUT2D eigenvalue weighted by molar-refractivity contribution is 0.00578. The fraction of sp³-hybridized carbons (Fsp3) is 0.727. The molecule has 2 heterocycles. The highest BCUT2D eigenvalue weighted by molar-refractivity contribution is 6.68. The average molecular weight is 386 g/mol. The van der Waals surface area contributed by atoms with E-state index in [0.717, 1.165) is 0 Å². The number of benzene rings is 1. The van der Waals surface area contributed by atoms with E-state index in [9.17, 15) is 0 Å². The summed E-state index contributed by atoms with van der Waals surface area (Å²) in [7, 11) is -0.813. The Bertz CT molecular complexity index is 644. The molecular weight excluding hydrogens is 350 g/mol. The van der Waals surface area contributed by atoms with Crippen LogP contribution in [0.2, 0.25) is 5.72 Å². The monoisotopic (exact) mass is 386 g/mol. The molecule has 0 N–H and O–H groups in total. The molecule has 0 saturated carbocycles. The fourth-order valence-electron chi connectivity index (χ4n) is 3.78. The number of hydrogen-bond donors (Lipinski definition) is 0. The maximum atomic E-state index is 6.46. The van der Waals surface area contributed by atoms with Crippen molar-refractivity contribution in [2.45, 2.75) is 103 Å². The smallest absolute Gasteiger partial charge is 0.403 e. The summed E-state index contributed by atoms with van der Waals surface area (Å²) in [4.78, 5) is 0. The van der Waals surface area contributed by atoms with Gasteiger partial charge in [0, 0.05) is 5.72 Å². The van der Waals surface area contributed by atoms with Crippen molar-refractivity contribution in [2.75, 3.05) is 0 Å². The van der Waals surface area contributed by atoms with Gasteiger partial charge in [-0.25, -0.2) is 0 Å². The predicted octanol–water partition coefficient (Wildman–Crippen LogP) is 5.19. The van der Waals surface area contributed by atoms with E-state index in [0.29, 0.717) is 0 Å². The molecule has 1 atom stereocenters. The van der Waals surface area contributed by atoms with Crippen LogP contribution in [0.3, 0.4) is 0 Å². The van der Waals surface area contributed by atoms with Gasteiger partial charge in [-0.05, 0) is 73.8 Å². The van der Waals surface area contributed by atoms with Crippen molar-refractivity contribution in [1.82, 2.24) is 0 Å². The molecule has 1 aromatic carbocycles. The topological polar surface area (TPSA) is 36.9 Å². The highest BCUT2D eigenvalue weighted by Crippen LogP contribution is 2.49. The highest BCUT2D eigenvalue weighted by atomic mass is 16.7. The van der Waals surface area contributed by atoms with Crippen LogP contribution < -0.4 is 0 Å². The first-order chi connectivity index (χ1) is 12.7. The van der Waals surface area contributed by atoms with Crippen LogP contribution in [0.5, 0.6) is 0 Å². The highest BCUT2D eigenvalue weighted by Gasteiger charge is 2.63. The van der Waals surface area contributed by atoms with Crippen molar-refractivity contribution in [3.05, 3.63) is 35.4 Å². The van der Waals surface area contributed by atoms with E-state index in [-0.39, 0.29) is 11.6 Å². The molecule has 0 bridgehead atoms. The number of aryl methyl sites for hydroxylation is 1. The van der Waals surface area contributed by atoms with Gasteiger partial charge in [-0.2, -0.15) is 0 Å². The van der Waals surface area contributed by atoms with E-state index in [2.05, 4.69) is 93.5 Å². The first-order valence-corrected chi connectivity index (χ1v) is 10.4. The summed E-state index contributed by atoms with van der Waals surface area (Å²) in [5.41, 5.74) is 0.807. The molecule has 28 heavy (non-hydrogen) atoms. The van der Waals surface area contributed by atoms with E-state index in [4.69, 9.17) is 18.6 Å². The lowest BCUT2D eigenvalue weighted by Crippen LogP contribution is -2.41. The molecule has 0 spiro atoms. The molecule has 2 aliphatic rings. The lowest BCUT2D eigenvalue weighted by Gasteiger charge is -2.32. The molecule has 2 saturated heterocycles. The second-order valence-electron chi connectivity index (χ2n) is 10.5. The van der Waals surface area contributed by atoms with Gasteiger partial charge >= 0.3 is 14.2 Å². The molecular formula is C22H36B2O4. The molecule has 0 aromatic heterocycles. The predicted molar refractivity (Wildman–Crippen MR) is 116 cm³/mol. The summed E-state index contributed by atoms with van der Waals surface area (Å²) >= 11 is 0. The quantitative estimate of drug-likeness (QED) is 0.668. The van der Waals surface area contributed by atoms with Crippen molar-refractivity contribution >= 4 is 14.2 Å². The van der Waals surface area contributed by atoms with Gasteiger partial charge in [-0.3, -0.25) is 0 Å². The molecule has 0 unspecified atom stereocenters. The van der Waals surface area contributed by atoms with Gasteiger partial charge in [0.1, 0.15) is 0 Å². The minimum absolute atomic E-state index is 0.0928. The standard InChI is InChI=1S/C22H36B2O4/c1-15-11-13-17(14-12-15)16(2)18(23-25-19(3,4)20(5,6)26-23)24-27-21(7,8)22(9,10)28-24/h11-14,16,18H,1-10H3/t16-/m0/s1. The third-order valence-corrected chi connectivity index (χ3v) is 7.35. The largest absolute Gasteiger partial charge is 0.459 e. The zero-order valence-corrected chi connectivity index (χ0v) is 19.3. The zero-order valence-electron chi connectivity index (χ0n) is 19.3. The van der Waals surface area contributed by atoms with E-state index in [1.54, 1.807) is 0 Å². The van der Waals surface area contributed by atoms with E-state index < -0.39 is 36.6 Å². The van der Waals surface area contributed by atoms with Crippen molar-refractivity contribution in [2.24, 2.45) is 0 Å². The molecule has 1 aromatic rings. The molecule has 0 radical (unpaired) electrons. The Morgan fingerprint density at radius 2 is 0.964 bits per heavy atom. The fourth-order valence-corrected chi connectivity index (χ4v) is 3.78. The number of hydrogen-bond acceptors (Lipinski definition) is 4. The summed E-state index contributed by atoms with van der Waals surface area (Å²) in [6, 6.07) is 8.67. The van der Waals surface area contributed by atoms with Gasteiger partial charge in [0.15, 0.2) is 0 Å². The number of rotatable bonds is 4. The molecule has 3 rings (SSSR count). The van der Waals surface area contributed by atoms with Crippen LogP contribution in [0.1, 0.15) is 79.4 Å². The van der Waals surface area contributed by atoms with Crippen molar-refractivity contribution in [3.63, 3.8) is 0 Å². The molecule has 4 nitrogen and oxygen atoms in total. The first-order valence-electron chi connectivity index (χ1n) is 10.4. The lowest BCUT2D eigenvalue weighted by atomic mass is 9.46. The second-order valence-corrected chi connectivity index (χ2v) is 10.5. The Hall–Kier alpha value is -0.810. The van der Waals surface area contributed by atoms with E-state index in [1.807, 2.05) is 0 Å². The van der Waals surface area contributed by atoms with Gasteiger partial charge in [0.2, 0.25) is 0 Å². The average Bonchev–Trinajstić information content (AvgIpc) is 2.87. The van der Waals surface area contributed by atoms with Crippen molar-refractivity contribution in [3.8, 4) is 0 Å². The van der Waals surface area contributed by atoms with Crippen molar-refractivity contribution < 1.29 is 18.6 Å². The van der Waals surface area contributed by atoms with E-state index >= 15 is 0 Å². The summed E-state index contributed by atoms with van der Waals surface area (Å²) in [5.74, 6) is 0.144. The molecule has 0 aliphatic carbocycles. The zero-order chi connectivity index (χ0) is 21.1. The van der Waals surface area contributed by atoms with Crippen LogP contribution in [0.15, 0.2) is 24.3 Å². The third-order valence-electron chi connectivity index (χ3n) is 7.35. The van der Waals surface area contributed by atoms with Crippen LogP contribution >= 0.6 is 0 Å². The normalized spacial score (nSPS) is 26.1. The molecule has 2 fully saturated rings. The molecule has 154 valence electrons. The molecule has 6 heteroatoms. The SMILES string of the molecule is Cc1ccc([C@H](C)C(B2OC(C)(C)C(C)(C)O2)B2OC(C)(C)C(C)(C)O2)cc1. The maximum absolute atomic E-state index is 6.46. The van der Waals surface area contributed by atoms with Gasteiger partial charge in [0.25, 0.3) is 0 Å². The molecule has 0 amide bonds. The first kappa shape index (κ1) is 21.9. The van der Waals surface area contributed by atoms with Crippen LogP contribution in [0.25, 0.3) is 0 Å². The maximum Gasteiger partial charge on any atom is 0.459 e. The molecule has 2 aliphatic heterocycles. The summed E-state index contributed by atoms with van der Waals surface area (Å²) < 4.78 is 25.8. The van der Waals surface area contributed by atoms with E-state index in [1.165, 1.54) is 11.1 Å². The Balaban J connectivity index is 1.97. The van der Waals surface area contributed by atoms with Crippen LogP contribution in [-0.2, 0) is 18.6 Å². The van der Waals surface area contributed by atoms with Crippen LogP contribution in [0, 0.1) is 6.92 Å². The summed E-state index contributed by atoms with van der Waals surface area (Å²) in [6.45, 7) is 21.0. The Labute approximate surface area is 171 Å². The third kappa shape index (κ3) is 3.69. The van der Waals surface area contributed by atoms with Crippen molar-refractivity contribution in [1.29, 1.82) is 0 Å². The Kier molecular flexibility index (Phi) is 5.37. The Morgan fingerprint density at radius 1 is 0.643 bits per heavy atom. The second kappa shape index (κ2) is 6.87. The van der Waals surface area contributed by atoms with Crippen LogP contribution in [-0.4, -0.2) is 36.6 Å². The van der Waals surface area contributed by atoms with Gasteiger partial charge < -0.3 is 18.6 Å². The Morgan fingerprint density at radius 3 is 1.29 bits per heavy atom. The van der Waals surface area contributed by atoms with Gasteiger partial charge in [0.05, 0.1) is 22.4 Å². The summed E-state index contributed by atoms with van der Waals surface area (Å²) in [5, 5.41) is 0. The minimum atomic E-state index is -0.406. The van der Waals surface area contributed by atoms with Gasteiger partial charge in [-0.15, -0.1) is 0 Å². The summed E-state index contributed by atoms with van der Waals surface area (Å²) in [6.07, 6.45) is 0. The van der Waals surface area contributed by atoms with Crippen LogP contribution in [0.4, 0.5) is 0 Å². The van der Waals surface area contributed by atoms with Gasteiger partial charge in [-0.1, -0.05) is 36.8 Å². The minimum Gasteiger partial charge on any atom is -0.403 e.